The van der Waals surface area contributed by atoms with Crippen LogP contribution in [-0.4, -0.2) is 57.0 Å². The minimum absolute atomic E-state index is 0.0730. The maximum absolute atomic E-state index is 12.3. The van der Waals surface area contributed by atoms with E-state index in [1.807, 2.05) is 31.3 Å². The molecule has 114 valence electrons. The number of carboxylic acids is 1. The Morgan fingerprint density at radius 3 is 2.62 bits per heavy atom. The maximum Gasteiger partial charge on any atom is 0.328 e. The molecule has 7 nitrogen and oxygen atoms in total. The lowest BCUT2D eigenvalue weighted by Crippen LogP contribution is -2.53. The highest BCUT2D eigenvalue weighted by Crippen LogP contribution is 2.31. The van der Waals surface area contributed by atoms with Crippen LogP contribution in [0.4, 0.5) is 16.2 Å². The summed E-state index contributed by atoms with van der Waals surface area (Å²) in [6.45, 7) is 1.11. The van der Waals surface area contributed by atoms with Gasteiger partial charge in [0.2, 0.25) is 0 Å². The van der Waals surface area contributed by atoms with Gasteiger partial charge in [0.05, 0.1) is 18.0 Å². The predicted octanol–water partition coefficient (Wildman–Crippen LogP) is 0.752. The first-order chi connectivity index (χ1) is 10.0. The highest BCUT2D eigenvalue weighted by molar-refractivity contribution is 5.98. The third kappa shape index (κ3) is 3.25. The maximum atomic E-state index is 12.3. The number of hydrogen-bond acceptors (Lipinski definition) is 4. The number of methoxy groups -OCH3 is 1. The molecule has 1 atom stereocenters. The molecule has 0 fully saturated rings. The molecule has 0 bridgehead atoms. The van der Waals surface area contributed by atoms with E-state index in [0.717, 1.165) is 11.4 Å². The van der Waals surface area contributed by atoms with Crippen LogP contribution >= 0.6 is 0 Å². The van der Waals surface area contributed by atoms with Gasteiger partial charge in [-0.2, -0.15) is 0 Å². The summed E-state index contributed by atoms with van der Waals surface area (Å²) in [4.78, 5) is 27.0. The van der Waals surface area contributed by atoms with Crippen molar-refractivity contribution in [1.29, 1.82) is 0 Å². The molecule has 1 aliphatic rings. The number of carboxylic acid groups (broad SMARTS) is 1. The Balaban J connectivity index is 2.17. The molecule has 1 unspecified atom stereocenters. The molecule has 0 radical (unpaired) electrons. The van der Waals surface area contributed by atoms with Gasteiger partial charge in [-0.3, -0.25) is 4.90 Å². The number of carbonyl (C=O) groups excluding carboxylic acids is 1. The van der Waals surface area contributed by atoms with Crippen LogP contribution in [0.3, 0.4) is 0 Å². The number of urea groups is 1. The normalized spacial score (nSPS) is 15.3. The SMILES string of the molecule is COCC(NC(=O)N1CCN(C)c2ccccc21)C(=O)O. The van der Waals surface area contributed by atoms with Crippen LogP contribution in [-0.2, 0) is 9.53 Å². The Morgan fingerprint density at radius 1 is 1.33 bits per heavy atom. The summed E-state index contributed by atoms with van der Waals surface area (Å²) < 4.78 is 4.82. The Kier molecular flexibility index (Phi) is 4.64. The van der Waals surface area contributed by atoms with Crippen molar-refractivity contribution in [3.05, 3.63) is 24.3 Å². The smallest absolute Gasteiger partial charge is 0.328 e. The summed E-state index contributed by atoms with van der Waals surface area (Å²) >= 11 is 0. The van der Waals surface area contributed by atoms with Gasteiger partial charge in [-0.1, -0.05) is 12.1 Å². The second kappa shape index (κ2) is 6.45. The second-order valence-corrected chi connectivity index (χ2v) is 4.86. The number of fused-ring (bicyclic) bond motifs is 1. The first-order valence-electron chi connectivity index (χ1n) is 6.64. The minimum Gasteiger partial charge on any atom is -0.480 e. The number of likely N-dealkylation sites (N-methyl/N-ethyl adjacent to an activating group) is 1. The van der Waals surface area contributed by atoms with Crippen LogP contribution < -0.4 is 15.1 Å². The molecule has 0 saturated carbocycles. The lowest BCUT2D eigenvalue weighted by Gasteiger charge is -2.36. The summed E-state index contributed by atoms with van der Waals surface area (Å²) in [5.41, 5.74) is 1.71. The van der Waals surface area contributed by atoms with Gasteiger partial charge in [0.25, 0.3) is 0 Å². The van der Waals surface area contributed by atoms with E-state index in [0.29, 0.717) is 13.1 Å². The zero-order valence-electron chi connectivity index (χ0n) is 12.1. The van der Waals surface area contributed by atoms with Gasteiger partial charge < -0.3 is 20.1 Å². The second-order valence-electron chi connectivity index (χ2n) is 4.86. The fourth-order valence-corrected chi connectivity index (χ4v) is 2.29. The van der Waals surface area contributed by atoms with Crippen LogP contribution in [0.1, 0.15) is 0 Å². The topological polar surface area (TPSA) is 82.1 Å². The zero-order chi connectivity index (χ0) is 15.4. The largest absolute Gasteiger partial charge is 0.480 e. The van der Waals surface area contributed by atoms with Crippen molar-refractivity contribution in [1.82, 2.24) is 5.32 Å². The van der Waals surface area contributed by atoms with Gasteiger partial charge in [-0.15, -0.1) is 0 Å². The Hall–Kier alpha value is -2.28. The summed E-state index contributed by atoms with van der Waals surface area (Å²) in [5.74, 6) is -1.12. The van der Waals surface area contributed by atoms with E-state index in [1.165, 1.54) is 7.11 Å². The van der Waals surface area contributed by atoms with E-state index < -0.39 is 18.0 Å². The Morgan fingerprint density at radius 2 is 2.00 bits per heavy atom. The number of para-hydroxylation sites is 2. The van der Waals surface area contributed by atoms with E-state index in [9.17, 15) is 9.59 Å². The van der Waals surface area contributed by atoms with E-state index in [4.69, 9.17) is 9.84 Å². The first kappa shape index (κ1) is 15.1. The Bertz CT molecular complexity index is 535. The van der Waals surface area contributed by atoms with Gasteiger partial charge in [0.1, 0.15) is 0 Å². The predicted molar refractivity (Wildman–Crippen MR) is 78.9 cm³/mol. The number of aliphatic carboxylic acids is 1. The molecule has 0 aromatic heterocycles. The molecule has 1 heterocycles. The fourth-order valence-electron chi connectivity index (χ4n) is 2.29. The average molecular weight is 293 g/mol. The lowest BCUT2D eigenvalue weighted by molar-refractivity contribution is -0.140. The third-order valence-electron chi connectivity index (χ3n) is 3.42. The van der Waals surface area contributed by atoms with Crippen molar-refractivity contribution < 1.29 is 19.4 Å². The number of carbonyl (C=O) groups is 2. The van der Waals surface area contributed by atoms with Gasteiger partial charge in [0, 0.05) is 27.2 Å². The number of ether oxygens (including phenoxy) is 1. The standard InChI is InChI=1S/C14H19N3O4/c1-16-7-8-17(12-6-4-3-5-11(12)16)14(20)15-10(9-21-2)13(18)19/h3-6,10H,7-9H2,1-2H3,(H,15,20)(H,18,19). The third-order valence-corrected chi connectivity index (χ3v) is 3.42. The van der Waals surface area contributed by atoms with E-state index in [-0.39, 0.29) is 6.61 Å². The van der Waals surface area contributed by atoms with Gasteiger partial charge >= 0.3 is 12.0 Å². The molecule has 2 rings (SSSR count). The van der Waals surface area contributed by atoms with Crippen molar-refractivity contribution in [2.24, 2.45) is 0 Å². The monoisotopic (exact) mass is 293 g/mol. The molecular formula is C14H19N3O4. The molecule has 1 aliphatic heterocycles. The highest BCUT2D eigenvalue weighted by atomic mass is 16.5. The quantitative estimate of drug-likeness (QED) is 0.856. The summed E-state index contributed by atoms with van der Waals surface area (Å²) in [6, 6.07) is 6.04. The van der Waals surface area contributed by atoms with Gasteiger partial charge in [-0.25, -0.2) is 9.59 Å². The summed E-state index contributed by atoms with van der Waals surface area (Å²) in [7, 11) is 3.35. The molecule has 0 saturated heterocycles. The van der Waals surface area contributed by atoms with E-state index in [1.54, 1.807) is 4.90 Å². The molecule has 0 spiro atoms. The number of amides is 2. The molecule has 2 N–H and O–H groups in total. The number of nitrogens with zero attached hydrogens (tertiary/aromatic N) is 2. The molecule has 1 aromatic carbocycles. The van der Waals surface area contributed by atoms with Crippen molar-refractivity contribution >= 4 is 23.4 Å². The number of nitrogens with one attached hydrogen (secondary N) is 1. The van der Waals surface area contributed by atoms with E-state index >= 15 is 0 Å². The average Bonchev–Trinajstić information content (AvgIpc) is 2.47. The van der Waals surface area contributed by atoms with Crippen molar-refractivity contribution in [3.8, 4) is 0 Å². The number of benzene rings is 1. The molecule has 0 aliphatic carbocycles. The molecule has 1 aromatic rings. The van der Waals surface area contributed by atoms with Crippen LogP contribution in [0.15, 0.2) is 24.3 Å². The zero-order valence-corrected chi connectivity index (χ0v) is 12.1. The number of hydrogen-bond donors (Lipinski definition) is 2. The van der Waals surface area contributed by atoms with Gasteiger partial charge in [-0.05, 0) is 12.1 Å². The van der Waals surface area contributed by atoms with Crippen LogP contribution in [0, 0.1) is 0 Å². The fraction of sp³-hybridized carbons (Fsp3) is 0.429. The van der Waals surface area contributed by atoms with Crippen molar-refractivity contribution in [2.75, 3.05) is 43.7 Å². The lowest BCUT2D eigenvalue weighted by atomic mass is 10.2. The molecule has 7 heteroatoms. The van der Waals surface area contributed by atoms with Gasteiger partial charge in [0.15, 0.2) is 6.04 Å². The van der Waals surface area contributed by atoms with Crippen LogP contribution in [0.5, 0.6) is 0 Å². The number of rotatable bonds is 4. The first-order valence-corrected chi connectivity index (χ1v) is 6.64. The summed E-state index contributed by atoms with van der Waals surface area (Å²) in [6.07, 6.45) is 0. The molecule has 2 amide bonds. The molecular weight excluding hydrogens is 274 g/mol. The summed E-state index contributed by atoms with van der Waals surface area (Å²) in [5, 5.41) is 11.6. The van der Waals surface area contributed by atoms with Crippen LogP contribution in [0.25, 0.3) is 0 Å². The minimum atomic E-state index is -1.12. The van der Waals surface area contributed by atoms with Crippen LogP contribution in [0.2, 0.25) is 0 Å². The molecule has 21 heavy (non-hydrogen) atoms. The highest BCUT2D eigenvalue weighted by Gasteiger charge is 2.28. The van der Waals surface area contributed by atoms with E-state index in [2.05, 4.69) is 10.2 Å². The van der Waals surface area contributed by atoms with Crippen molar-refractivity contribution in [2.45, 2.75) is 6.04 Å². The number of anilines is 2. The van der Waals surface area contributed by atoms with Crippen molar-refractivity contribution in [3.63, 3.8) is 0 Å². The Labute approximate surface area is 123 Å².